The van der Waals surface area contributed by atoms with E-state index in [-0.39, 0.29) is 18.7 Å². The van der Waals surface area contributed by atoms with Crippen molar-refractivity contribution in [2.75, 3.05) is 39.4 Å². The number of aryl methyl sites for hydroxylation is 1. The lowest BCUT2D eigenvalue weighted by Gasteiger charge is -2.42. The average Bonchev–Trinajstić information content (AvgIpc) is 3.95. The Morgan fingerprint density at radius 2 is 1.83 bits per heavy atom. The fraction of sp³-hybridized carbons (Fsp3) is 0.550. The van der Waals surface area contributed by atoms with Crippen molar-refractivity contribution in [3.05, 3.63) is 106 Å². The van der Waals surface area contributed by atoms with Crippen molar-refractivity contribution in [1.82, 2.24) is 39.1 Å². The monoisotopic (exact) mass is 762 g/mol. The maximum atomic E-state index is 6.71. The molecular formula is C40H56ClN8O3P. The molecule has 0 amide bonds. The van der Waals surface area contributed by atoms with Gasteiger partial charge in [-0.1, -0.05) is 72.4 Å². The van der Waals surface area contributed by atoms with E-state index in [0.29, 0.717) is 30.3 Å². The summed E-state index contributed by atoms with van der Waals surface area (Å²) in [6.07, 6.45) is 20.3. The average molecular weight is 763 g/mol. The van der Waals surface area contributed by atoms with E-state index >= 15 is 0 Å². The van der Waals surface area contributed by atoms with E-state index < -0.39 is 5.79 Å². The van der Waals surface area contributed by atoms with Gasteiger partial charge < -0.3 is 23.7 Å². The molecule has 4 heterocycles. The van der Waals surface area contributed by atoms with Gasteiger partial charge in [-0.2, -0.15) is 20.1 Å². The molecule has 5 unspecified atom stereocenters. The van der Waals surface area contributed by atoms with Crippen molar-refractivity contribution >= 4 is 20.5 Å². The van der Waals surface area contributed by atoms with Crippen LogP contribution in [0.25, 0.3) is 0 Å². The van der Waals surface area contributed by atoms with Crippen LogP contribution in [0.4, 0.5) is 0 Å². The highest BCUT2D eigenvalue weighted by molar-refractivity contribution is 7.06. The third-order valence-corrected chi connectivity index (χ3v) is 11.5. The van der Waals surface area contributed by atoms with Crippen LogP contribution in [0.15, 0.2) is 84.3 Å². The zero-order valence-corrected chi connectivity index (χ0v) is 33.9. The molecule has 1 aromatic carbocycles. The quantitative estimate of drug-likeness (QED) is 0.172. The maximum Gasteiger partial charge on any atom is 0.219 e. The van der Waals surface area contributed by atoms with Gasteiger partial charge >= 0.3 is 0 Å². The maximum absolute atomic E-state index is 6.71. The van der Waals surface area contributed by atoms with Crippen LogP contribution in [0.3, 0.4) is 0 Å². The van der Waals surface area contributed by atoms with Crippen LogP contribution in [0.2, 0.25) is 5.02 Å². The number of nitrogens with zero attached hydrogens (tertiary/aromatic N) is 8. The second-order valence-corrected chi connectivity index (χ2v) is 14.8. The minimum atomic E-state index is -1.10. The highest BCUT2D eigenvalue weighted by Gasteiger charge is 2.46. The number of allylic oxidation sites excluding steroid dienone is 4. The zero-order valence-electron chi connectivity index (χ0n) is 32.1. The predicted molar refractivity (Wildman–Crippen MR) is 212 cm³/mol. The Bertz CT molecular complexity index is 1860. The Labute approximate surface area is 321 Å². The molecule has 0 N–H and O–H groups in total. The molecule has 2 aliphatic heterocycles. The number of benzene rings is 1. The number of hydrogen-bond acceptors (Lipinski definition) is 8. The summed E-state index contributed by atoms with van der Waals surface area (Å²) in [7, 11) is 3.84. The van der Waals surface area contributed by atoms with Crippen LogP contribution < -0.4 is 0 Å². The van der Waals surface area contributed by atoms with Gasteiger partial charge in [0.2, 0.25) is 5.79 Å². The predicted octanol–water partition coefficient (Wildman–Crippen LogP) is 7.89. The molecule has 286 valence electrons. The van der Waals surface area contributed by atoms with Crippen molar-refractivity contribution < 1.29 is 14.2 Å². The second kappa shape index (κ2) is 17.8. The van der Waals surface area contributed by atoms with E-state index in [1.54, 1.807) is 17.2 Å². The molecule has 7 rings (SSSR count). The van der Waals surface area contributed by atoms with Gasteiger partial charge in [0.05, 0.1) is 31.1 Å². The minimum Gasteiger partial charge on any atom is -0.491 e. The number of ether oxygens (including phenoxy) is 3. The van der Waals surface area contributed by atoms with E-state index in [2.05, 4.69) is 94.4 Å². The van der Waals surface area contributed by atoms with Crippen molar-refractivity contribution in [3.63, 3.8) is 0 Å². The number of halogens is 1. The van der Waals surface area contributed by atoms with E-state index in [0.717, 1.165) is 73.9 Å². The van der Waals surface area contributed by atoms with Crippen molar-refractivity contribution in [2.24, 2.45) is 0 Å². The van der Waals surface area contributed by atoms with Crippen molar-refractivity contribution in [2.45, 2.75) is 104 Å². The molecule has 0 spiro atoms. The van der Waals surface area contributed by atoms with Gasteiger partial charge in [-0.25, -0.2) is 4.68 Å². The van der Waals surface area contributed by atoms with Gasteiger partial charge in [-0.3, -0.25) is 4.90 Å². The van der Waals surface area contributed by atoms with Crippen LogP contribution in [-0.4, -0.2) is 90.7 Å². The van der Waals surface area contributed by atoms with Gasteiger partial charge in [0.1, 0.15) is 31.3 Å². The summed E-state index contributed by atoms with van der Waals surface area (Å²) >= 11 is 6.71. The van der Waals surface area contributed by atoms with Crippen LogP contribution in [-0.2, 0) is 26.5 Å². The fourth-order valence-electron chi connectivity index (χ4n) is 7.53. The molecule has 2 saturated heterocycles. The highest BCUT2D eigenvalue weighted by Crippen LogP contribution is 2.40. The molecular weight excluding hydrogens is 707 g/mol. The third kappa shape index (κ3) is 8.76. The largest absolute Gasteiger partial charge is 0.491 e. The lowest BCUT2D eigenvalue weighted by molar-refractivity contribution is -0.193. The first-order valence-electron chi connectivity index (χ1n) is 19.3. The molecule has 0 bridgehead atoms. The van der Waals surface area contributed by atoms with Crippen LogP contribution >= 0.6 is 20.5 Å². The summed E-state index contributed by atoms with van der Waals surface area (Å²) in [4.78, 5) is 6.74. The summed E-state index contributed by atoms with van der Waals surface area (Å²) in [5, 5.41) is 14.8. The first kappa shape index (κ1) is 39.2. The van der Waals surface area contributed by atoms with Crippen LogP contribution in [0, 0.1) is 12.1 Å². The molecule has 11 nitrogen and oxygen atoms in total. The SMILES string of the molecule is CC.CCC1=CC(OCC2COC(Cn3nccn3)(c3ccc(C)cc3Cl)O2)=CCC1N1CCN(C2=CCC(n3cnn(C(C)CC)c3=P)C=C2)CC1. The van der Waals surface area contributed by atoms with Gasteiger partial charge in [0, 0.05) is 48.5 Å². The summed E-state index contributed by atoms with van der Waals surface area (Å²) in [6, 6.07) is 6.93. The normalized spacial score (nSPS) is 25.3. The zero-order chi connectivity index (χ0) is 37.5. The van der Waals surface area contributed by atoms with Gasteiger partial charge in [0.15, 0.2) is 5.20 Å². The number of rotatable bonds is 12. The van der Waals surface area contributed by atoms with Gasteiger partial charge in [-0.15, -0.1) is 0 Å². The van der Waals surface area contributed by atoms with Gasteiger partial charge in [-0.05, 0) is 75.0 Å². The van der Waals surface area contributed by atoms with Crippen LogP contribution in [0.1, 0.15) is 83.5 Å². The van der Waals surface area contributed by atoms with E-state index in [4.69, 9.17) is 25.8 Å². The smallest absolute Gasteiger partial charge is 0.219 e. The fourth-order valence-corrected chi connectivity index (χ4v) is 8.41. The van der Waals surface area contributed by atoms with E-state index in [1.807, 2.05) is 45.3 Å². The number of piperazine rings is 1. The molecule has 0 radical (unpaired) electrons. The van der Waals surface area contributed by atoms with Gasteiger partial charge in [0.25, 0.3) is 0 Å². The second-order valence-electron chi connectivity index (χ2n) is 14.0. The first-order valence-corrected chi connectivity index (χ1v) is 20.2. The molecule has 3 aromatic rings. The summed E-state index contributed by atoms with van der Waals surface area (Å²) in [6.45, 7) is 17.8. The summed E-state index contributed by atoms with van der Waals surface area (Å²) in [5.74, 6) is -0.203. The Kier molecular flexibility index (Phi) is 13.2. The van der Waals surface area contributed by atoms with E-state index in [9.17, 15) is 0 Å². The summed E-state index contributed by atoms with van der Waals surface area (Å²) < 4.78 is 23.6. The lowest BCUT2D eigenvalue weighted by atomic mass is 9.93. The molecule has 13 heteroatoms. The topological polar surface area (TPSA) is 87.6 Å². The highest BCUT2D eigenvalue weighted by atomic mass is 35.5. The van der Waals surface area contributed by atoms with E-state index in [1.165, 1.54) is 11.3 Å². The molecule has 0 saturated carbocycles. The molecule has 5 atom stereocenters. The lowest BCUT2D eigenvalue weighted by Crippen LogP contribution is -2.50. The van der Waals surface area contributed by atoms with Crippen molar-refractivity contribution in [3.8, 4) is 0 Å². The molecule has 2 aliphatic carbocycles. The minimum absolute atomic E-state index is 0.268. The first-order chi connectivity index (χ1) is 25.8. The Hall–Kier alpha value is -3.47. The molecule has 2 fully saturated rings. The standard InChI is InChI=1S/C38H50ClN8O3P.C2H6/c1-5-28(4)47-37(51)45(26-42-47)31-10-8-30(9-11-31)43-17-19-44(20-18-43)36-14-12-32(22-29(36)6-2)48-23-33-24-49-38(50-33,25-46-40-15-16-41-46)34-13-7-27(3)21-35(34)39;1-2/h7-10,12-13,15-16,21-22,26,28,31,33,36,51H,5-6,11,14,17-20,23-25H2,1-4H3;1-2H3. The summed E-state index contributed by atoms with van der Waals surface area (Å²) in [5.41, 5.74) is 4.57. The van der Waals surface area contributed by atoms with Crippen molar-refractivity contribution in [1.29, 1.82) is 0 Å². The molecule has 53 heavy (non-hydrogen) atoms. The number of aromatic nitrogens is 6. The van der Waals surface area contributed by atoms with Crippen LogP contribution in [0.5, 0.6) is 0 Å². The Balaban J connectivity index is 0.00000236. The Morgan fingerprint density at radius 3 is 2.51 bits per heavy atom. The Morgan fingerprint density at radius 1 is 1.06 bits per heavy atom. The third-order valence-electron chi connectivity index (χ3n) is 10.7. The molecule has 2 aromatic heterocycles. The molecule has 4 aliphatic rings. The number of hydrogen-bond donors (Lipinski definition) is 0.